The number of amides is 1. The molecule has 0 heterocycles. The molecule has 0 radical (unpaired) electrons. The molecule has 0 spiro atoms. The number of aryl methyl sites for hydroxylation is 1. The summed E-state index contributed by atoms with van der Waals surface area (Å²) >= 11 is 0. The number of aliphatic hydroxyl groups excluding tert-OH is 1. The number of hydrogen-bond acceptors (Lipinski definition) is 3. The van der Waals surface area contributed by atoms with Crippen LogP contribution in [-0.4, -0.2) is 28.8 Å². The Morgan fingerprint density at radius 3 is 2.69 bits per heavy atom. The third kappa shape index (κ3) is 2.97. The van der Waals surface area contributed by atoms with Gasteiger partial charge in [0.2, 0.25) is 0 Å². The van der Waals surface area contributed by atoms with E-state index in [4.69, 9.17) is 5.11 Å². The second kappa shape index (κ2) is 5.51. The quantitative estimate of drug-likeness (QED) is 0.718. The lowest BCUT2D eigenvalue weighted by atomic mass is 10.1. The van der Waals surface area contributed by atoms with Gasteiger partial charge in [0, 0.05) is 5.56 Å². The first-order valence-electron chi connectivity index (χ1n) is 5.29. The number of aliphatic hydroxyl groups is 1. The number of nitrogens with one attached hydrogen (secondary N) is 1. The minimum Gasteiger partial charge on any atom is -0.508 e. The zero-order valence-corrected chi connectivity index (χ0v) is 9.53. The summed E-state index contributed by atoms with van der Waals surface area (Å²) in [5.74, 6) is -0.0818. The molecule has 0 saturated carbocycles. The number of hydrogen-bond donors (Lipinski definition) is 3. The highest BCUT2D eigenvalue weighted by Gasteiger charge is 2.13. The van der Waals surface area contributed by atoms with Gasteiger partial charge in [0.15, 0.2) is 0 Å². The van der Waals surface area contributed by atoms with E-state index in [1.54, 1.807) is 13.0 Å². The van der Waals surface area contributed by atoms with Crippen LogP contribution in [0.4, 0.5) is 0 Å². The lowest BCUT2D eigenvalue weighted by molar-refractivity contribution is 0.0914. The van der Waals surface area contributed by atoms with Crippen molar-refractivity contribution >= 4 is 5.91 Å². The van der Waals surface area contributed by atoms with Crippen molar-refractivity contribution in [2.24, 2.45) is 0 Å². The molecule has 0 unspecified atom stereocenters. The van der Waals surface area contributed by atoms with Gasteiger partial charge in [-0.1, -0.05) is 6.92 Å². The molecule has 88 valence electrons. The zero-order chi connectivity index (χ0) is 12.1. The monoisotopic (exact) mass is 223 g/mol. The molecule has 4 heteroatoms. The molecule has 16 heavy (non-hydrogen) atoms. The Balaban J connectivity index is 2.80. The van der Waals surface area contributed by atoms with Gasteiger partial charge in [-0.3, -0.25) is 4.79 Å². The SMILES string of the molecule is CC[C@H](CO)NC(=O)c1ccc(O)cc1C. The van der Waals surface area contributed by atoms with Crippen molar-refractivity contribution in [3.05, 3.63) is 29.3 Å². The van der Waals surface area contributed by atoms with Crippen LogP contribution in [0.15, 0.2) is 18.2 Å². The first kappa shape index (κ1) is 12.5. The van der Waals surface area contributed by atoms with Crippen molar-refractivity contribution in [2.75, 3.05) is 6.61 Å². The summed E-state index contributed by atoms with van der Waals surface area (Å²) in [6.07, 6.45) is 0.680. The van der Waals surface area contributed by atoms with E-state index in [9.17, 15) is 9.90 Å². The summed E-state index contributed by atoms with van der Waals surface area (Å²) in [6.45, 7) is 3.58. The summed E-state index contributed by atoms with van der Waals surface area (Å²) in [5.41, 5.74) is 1.23. The van der Waals surface area contributed by atoms with Gasteiger partial charge in [-0.15, -0.1) is 0 Å². The van der Waals surface area contributed by atoms with Crippen LogP contribution >= 0.6 is 0 Å². The van der Waals surface area contributed by atoms with Crippen LogP contribution in [0.1, 0.15) is 29.3 Å². The van der Waals surface area contributed by atoms with Crippen LogP contribution in [0.3, 0.4) is 0 Å². The molecular formula is C12H17NO3. The average Bonchev–Trinajstić information content (AvgIpc) is 2.25. The summed E-state index contributed by atoms with van der Waals surface area (Å²) in [7, 11) is 0. The highest BCUT2D eigenvalue weighted by atomic mass is 16.3. The molecule has 0 aliphatic rings. The van der Waals surface area contributed by atoms with Crippen molar-refractivity contribution in [1.82, 2.24) is 5.32 Å². The van der Waals surface area contributed by atoms with E-state index in [1.165, 1.54) is 12.1 Å². The van der Waals surface area contributed by atoms with Crippen LogP contribution < -0.4 is 5.32 Å². The zero-order valence-electron chi connectivity index (χ0n) is 9.53. The van der Waals surface area contributed by atoms with E-state index >= 15 is 0 Å². The summed E-state index contributed by atoms with van der Waals surface area (Å²) in [5, 5.41) is 20.9. The van der Waals surface area contributed by atoms with Gasteiger partial charge < -0.3 is 15.5 Å². The summed E-state index contributed by atoms with van der Waals surface area (Å²) in [4.78, 5) is 11.8. The van der Waals surface area contributed by atoms with Crippen molar-refractivity contribution in [3.63, 3.8) is 0 Å². The number of aromatic hydroxyl groups is 1. The first-order valence-corrected chi connectivity index (χ1v) is 5.29. The van der Waals surface area contributed by atoms with Gasteiger partial charge in [0.25, 0.3) is 5.91 Å². The fraction of sp³-hybridized carbons (Fsp3) is 0.417. The lowest BCUT2D eigenvalue weighted by Gasteiger charge is -2.15. The van der Waals surface area contributed by atoms with Crippen LogP contribution in [0.2, 0.25) is 0 Å². The maximum absolute atomic E-state index is 11.8. The predicted octanol–water partition coefficient (Wildman–Crippen LogP) is 1.20. The Labute approximate surface area is 94.9 Å². The van der Waals surface area contributed by atoms with Gasteiger partial charge in [-0.25, -0.2) is 0 Å². The fourth-order valence-corrected chi connectivity index (χ4v) is 1.44. The van der Waals surface area contributed by atoms with Crippen LogP contribution in [0.25, 0.3) is 0 Å². The minimum absolute atomic E-state index is 0.0701. The second-order valence-electron chi connectivity index (χ2n) is 3.76. The van der Waals surface area contributed by atoms with E-state index in [0.29, 0.717) is 17.5 Å². The molecule has 1 atom stereocenters. The van der Waals surface area contributed by atoms with Gasteiger partial charge in [-0.05, 0) is 37.1 Å². The maximum Gasteiger partial charge on any atom is 0.251 e. The van der Waals surface area contributed by atoms with Crippen molar-refractivity contribution in [1.29, 1.82) is 0 Å². The number of benzene rings is 1. The number of carbonyl (C=O) groups is 1. The van der Waals surface area contributed by atoms with Crippen molar-refractivity contribution < 1.29 is 15.0 Å². The number of phenolic OH excluding ortho intramolecular Hbond substituents is 1. The molecule has 1 aromatic carbocycles. The largest absolute Gasteiger partial charge is 0.508 e. The summed E-state index contributed by atoms with van der Waals surface area (Å²) < 4.78 is 0. The molecule has 0 bridgehead atoms. The third-order valence-corrected chi connectivity index (χ3v) is 2.50. The number of phenols is 1. The van der Waals surface area contributed by atoms with Crippen LogP contribution in [-0.2, 0) is 0 Å². The lowest BCUT2D eigenvalue weighted by Crippen LogP contribution is -2.37. The molecule has 0 saturated heterocycles. The van der Waals surface area contributed by atoms with E-state index in [1.807, 2.05) is 6.92 Å². The number of carbonyl (C=O) groups excluding carboxylic acids is 1. The van der Waals surface area contributed by atoms with Gasteiger partial charge in [0.05, 0.1) is 12.6 Å². The first-order chi connectivity index (χ1) is 7.58. The molecular weight excluding hydrogens is 206 g/mol. The molecule has 0 aliphatic carbocycles. The van der Waals surface area contributed by atoms with E-state index < -0.39 is 0 Å². The molecule has 3 N–H and O–H groups in total. The number of rotatable bonds is 4. The fourth-order valence-electron chi connectivity index (χ4n) is 1.44. The molecule has 1 rings (SSSR count). The predicted molar refractivity (Wildman–Crippen MR) is 61.5 cm³/mol. The Morgan fingerprint density at radius 2 is 2.19 bits per heavy atom. The Kier molecular flexibility index (Phi) is 4.31. The normalized spacial score (nSPS) is 12.2. The minimum atomic E-state index is -0.224. The molecule has 4 nitrogen and oxygen atoms in total. The van der Waals surface area contributed by atoms with E-state index in [0.717, 1.165) is 0 Å². The van der Waals surface area contributed by atoms with Gasteiger partial charge >= 0.3 is 0 Å². The summed E-state index contributed by atoms with van der Waals surface area (Å²) in [6, 6.07) is 4.36. The van der Waals surface area contributed by atoms with Gasteiger partial charge in [-0.2, -0.15) is 0 Å². The van der Waals surface area contributed by atoms with E-state index in [2.05, 4.69) is 5.32 Å². The Morgan fingerprint density at radius 1 is 1.50 bits per heavy atom. The van der Waals surface area contributed by atoms with E-state index in [-0.39, 0.29) is 24.3 Å². The third-order valence-electron chi connectivity index (χ3n) is 2.50. The maximum atomic E-state index is 11.8. The van der Waals surface area contributed by atoms with Crippen molar-refractivity contribution in [2.45, 2.75) is 26.3 Å². The smallest absolute Gasteiger partial charge is 0.251 e. The van der Waals surface area contributed by atoms with Crippen LogP contribution in [0.5, 0.6) is 5.75 Å². The molecule has 0 aromatic heterocycles. The van der Waals surface area contributed by atoms with Crippen LogP contribution in [0, 0.1) is 6.92 Å². The topological polar surface area (TPSA) is 69.6 Å². The second-order valence-corrected chi connectivity index (χ2v) is 3.76. The Hall–Kier alpha value is -1.55. The molecule has 1 aromatic rings. The van der Waals surface area contributed by atoms with Gasteiger partial charge in [0.1, 0.15) is 5.75 Å². The molecule has 0 aliphatic heterocycles. The standard InChI is InChI=1S/C12H17NO3/c1-3-9(7-14)13-12(16)11-5-4-10(15)6-8(11)2/h4-6,9,14-15H,3,7H2,1-2H3,(H,13,16)/t9-/m1/s1. The Bertz CT molecular complexity index is 373. The average molecular weight is 223 g/mol. The highest BCUT2D eigenvalue weighted by Crippen LogP contribution is 2.15. The highest BCUT2D eigenvalue weighted by molar-refractivity contribution is 5.95. The molecule has 1 amide bonds. The van der Waals surface area contributed by atoms with Crippen molar-refractivity contribution in [3.8, 4) is 5.75 Å². The molecule has 0 fully saturated rings.